The molecule has 0 bridgehead atoms. The van der Waals surface area contributed by atoms with E-state index in [4.69, 9.17) is 16.3 Å². The van der Waals surface area contributed by atoms with E-state index in [-0.39, 0.29) is 5.97 Å². The molecule has 0 fully saturated rings. The molecule has 1 aromatic heterocycles. The van der Waals surface area contributed by atoms with Crippen LogP contribution in [0.3, 0.4) is 0 Å². The van der Waals surface area contributed by atoms with Gasteiger partial charge in [0.25, 0.3) is 0 Å². The smallest absolute Gasteiger partial charge is 0.340 e. The maximum Gasteiger partial charge on any atom is 0.340 e. The van der Waals surface area contributed by atoms with E-state index in [1.807, 2.05) is 38.1 Å². The Morgan fingerprint density at radius 3 is 2.58 bits per heavy atom. The van der Waals surface area contributed by atoms with Crippen molar-refractivity contribution >= 4 is 17.6 Å². The minimum absolute atomic E-state index is 0.320. The summed E-state index contributed by atoms with van der Waals surface area (Å²) >= 11 is 6.23. The van der Waals surface area contributed by atoms with Crippen LogP contribution in [0.1, 0.15) is 28.7 Å². The molecular formula is C15H16ClNO2. The summed E-state index contributed by atoms with van der Waals surface area (Å²) in [7, 11) is 0. The normalized spacial score (nSPS) is 10.5. The van der Waals surface area contributed by atoms with Crippen molar-refractivity contribution in [3.05, 3.63) is 46.2 Å². The number of carbonyl (C=O) groups excluding carboxylic acids is 1. The molecule has 1 N–H and O–H groups in total. The van der Waals surface area contributed by atoms with Gasteiger partial charge in [0, 0.05) is 27.5 Å². The van der Waals surface area contributed by atoms with Crippen LogP contribution in [0.5, 0.6) is 0 Å². The molecule has 3 nitrogen and oxygen atoms in total. The first-order valence-electron chi connectivity index (χ1n) is 6.17. The highest BCUT2D eigenvalue weighted by molar-refractivity contribution is 6.33. The average molecular weight is 278 g/mol. The summed E-state index contributed by atoms with van der Waals surface area (Å²) in [5, 5.41) is 0.621. The lowest BCUT2D eigenvalue weighted by Gasteiger charge is -2.08. The van der Waals surface area contributed by atoms with Crippen LogP contribution in [0.4, 0.5) is 0 Å². The number of nitrogens with one attached hydrogen (secondary N) is 1. The van der Waals surface area contributed by atoms with Crippen LogP contribution < -0.4 is 0 Å². The van der Waals surface area contributed by atoms with Gasteiger partial charge in [0.1, 0.15) is 0 Å². The van der Waals surface area contributed by atoms with Crippen LogP contribution in [-0.2, 0) is 4.74 Å². The van der Waals surface area contributed by atoms with Gasteiger partial charge in [-0.3, -0.25) is 0 Å². The predicted octanol–water partition coefficient (Wildman–Crippen LogP) is 4.13. The third kappa shape index (κ3) is 2.51. The maximum atomic E-state index is 12.1. The first kappa shape index (κ1) is 13.7. The van der Waals surface area contributed by atoms with Crippen LogP contribution >= 0.6 is 11.6 Å². The van der Waals surface area contributed by atoms with Gasteiger partial charge in [-0.05, 0) is 26.8 Å². The molecule has 0 atom stereocenters. The van der Waals surface area contributed by atoms with Gasteiger partial charge in [-0.1, -0.05) is 29.8 Å². The summed E-state index contributed by atoms with van der Waals surface area (Å²) in [5.41, 5.74) is 3.93. The Labute approximate surface area is 117 Å². The fraction of sp³-hybridized carbons (Fsp3) is 0.267. The van der Waals surface area contributed by atoms with E-state index in [0.717, 1.165) is 22.5 Å². The van der Waals surface area contributed by atoms with E-state index >= 15 is 0 Å². The second kappa shape index (κ2) is 5.49. The minimum Gasteiger partial charge on any atom is -0.462 e. The van der Waals surface area contributed by atoms with E-state index in [2.05, 4.69) is 4.98 Å². The number of rotatable bonds is 3. The number of ether oxygens (including phenoxy) is 1. The predicted molar refractivity (Wildman–Crippen MR) is 76.7 cm³/mol. The molecule has 1 heterocycles. The number of H-pyrrole nitrogens is 1. The van der Waals surface area contributed by atoms with E-state index in [1.165, 1.54) is 0 Å². The van der Waals surface area contributed by atoms with Crippen LogP contribution in [0.15, 0.2) is 24.3 Å². The number of benzene rings is 1. The minimum atomic E-state index is -0.320. The van der Waals surface area contributed by atoms with Crippen molar-refractivity contribution < 1.29 is 9.53 Å². The van der Waals surface area contributed by atoms with E-state index in [1.54, 1.807) is 6.92 Å². The van der Waals surface area contributed by atoms with Crippen molar-refractivity contribution in [3.63, 3.8) is 0 Å². The second-order valence-electron chi connectivity index (χ2n) is 4.33. The van der Waals surface area contributed by atoms with Crippen LogP contribution in [-0.4, -0.2) is 17.6 Å². The first-order chi connectivity index (χ1) is 9.06. The Hall–Kier alpha value is -1.74. The molecule has 100 valence electrons. The lowest BCUT2D eigenvalue weighted by molar-refractivity contribution is 0.0526. The Bertz CT molecular complexity index is 617. The number of carbonyl (C=O) groups is 1. The van der Waals surface area contributed by atoms with Gasteiger partial charge in [0.05, 0.1) is 12.2 Å². The van der Waals surface area contributed by atoms with E-state index in [9.17, 15) is 4.79 Å². The van der Waals surface area contributed by atoms with Gasteiger partial charge in [0.2, 0.25) is 0 Å². The molecule has 0 radical (unpaired) electrons. The highest BCUT2D eigenvalue weighted by atomic mass is 35.5. The highest BCUT2D eigenvalue weighted by Crippen LogP contribution is 2.34. The molecule has 0 amide bonds. The molecule has 19 heavy (non-hydrogen) atoms. The van der Waals surface area contributed by atoms with Gasteiger partial charge in [-0.2, -0.15) is 0 Å². The van der Waals surface area contributed by atoms with Crippen molar-refractivity contribution in [2.75, 3.05) is 6.61 Å². The Morgan fingerprint density at radius 2 is 1.95 bits per heavy atom. The third-order valence-corrected chi connectivity index (χ3v) is 3.33. The maximum absolute atomic E-state index is 12.1. The summed E-state index contributed by atoms with van der Waals surface area (Å²) in [6.45, 7) is 5.93. The summed E-state index contributed by atoms with van der Waals surface area (Å²) in [5.74, 6) is -0.320. The van der Waals surface area contributed by atoms with Crippen molar-refractivity contribution in [3.8, 4) is 11.1 Å². The lowest BCUT2D eigenvalue weighted by Crippen LogP contribution is -2.06. The fourth-order valence-corrected chi connectivity index (χ4v) is 2.47. The molecule has 2 rings (SSSR count). The molecule has 0 unspecified atom stereocenters. The summed E-state index contributed by atoms with van der Waals surface area (Å²) in [6.07, 6.45) is 0. The zero-order chi connectivity index (χ0) is 14.0. The number of aryl methyl sites for hydroxylation is 2. The number of hydrogen-bond donors (Lipinski definition) is 1. The molecule has 0 aliphatic rings. The van der Waals surface area contributed by atoms with Gasteiger partial charge in [-0.25, -0.2) is 4.79 Å². The molecule has 0 saturated heterocycles. The largest absolute Gasteiger partial charge is 0.462 e. The summed E-state index contributed by atoms with van der Waals surface area (Å²) < 4.78 is 5.12. The van der Waals surface area contributed by atoms with E-state index in [0.29, 0.717) is 17.2 Å². The number of aromatic nitrogens is 1. The molecular weight excluding hydrogens is 262 g/mol. The molecule has 0 saturated carbocycles. The van der Waals surface area contributed by atoms with Gasteiger partial charge in [-0.15, -0.1) is 0 Å². The number of esters is 1. The Kier molecular flexibility index (Phi) is 3.96. The van der Waals surface area contributed by atoms with Crippen molar-refractivity contribution in [2.45, 2.75) is 20.8 Å². The van der Waals surface area contributed by atoms with Gasteiger partial charge in [0.15, 0.2) is 0 Å². The molecule has 4 heteroatoms. The highest BCUT2D eigenvalue weighted by Gasteiger charge is 2.22. The number of halogens is 1. The van der Waals surface area contributed by atoms with Crippen LogP contribution in [0.25, 0.3) is 11.1 Å². The summed E-state index contributed by atoms with van der Waals surface area (Å²) in [4.78, 5) is 15.3. The zero-order valence-electron chi connectivity index (χ0n) is 11.2. The number of hydrogen-bond acceptors (Lipinski definition) is 2. The Morgan fingerprint density at radius 1 is 1.26 bits per heavy atom. The third-order valence-electron chi connectivity index (χ3n) is 3.00. The molecule has 0 spiro atoms. The SMILES string of the molecule is CCOC(=O)c1c(C)[nH]c(C)c1-c1ccccc1Cl. The van der Waals surface area contributed by atoms with Crippen LogP contribution in [0, 0.1) is 13.8 Å². The van der Waals surface area contributed by atoms with Crippen molar-refractivity contribution in [1.82, 2.24) is 4.98 Å². The Balaban J connectivity index is 2.64. The topological polar surface area (TPSA) is 42.1 Å². The molecule has 0 aliphatic carbocycles. The first-order valence-corrected chi connectivity index (χ1v) is 6.55. The van der Waals surface area contributed by atoms with Crippen LogP contribution in [0.2, 0.25) is 5.02 Å². The molecule has 1 aromatic carbocycles. The second-order valence-corrected chi connectivity index (χ2v) is 4.73. The average Bonchev–Trinajstić information content (AvgIpc) is 2.65. The standard InChI is InChI=1S/C15H16ClNO2/c1-4-19-15(18)14-10(3)17-9(2)13(14)11-7-5-6-8-12(11)16/h5-8,17H,4H2,1-3H3. The quantitative estimate of drug-likeness (QED) is 0.857. The molecule has 2 aromatic rings. The lowest BCUT2D eigenvalue weighted by atomic mass is 10.0. The molecule has 0 aliphatic heterocycles. The fourth-order valence-electron chi connectivity index (χ4n) is 2.24. The zero-order valence-corrected chi connectivity index (χ0v) is 12.0. The van der Waals surface area contributed by atoms with Gasteiger partial charge >= 0.3 is 5.97 Å². The monoisotopic (exact) mass is 277 g/mol. The van der Waals surface area contributed by atoms with Crippen molar-refractivity contribution in [2.24, 2.45) is 0 Å². The summed E-state index contributed by atoms with van der Waals surface area (Å²) in [6, 6.07) is 7.48. The van der Waals surface area contributed by atoms with Crippen molar-refractivity contribution in [1.29, 1.82) is 0 Å². The number of aromatic amines is 1. The van der Waals surface area contributed by atoms with E-state index < -0.39 is 0 Å². The van der Waals surface area contributed by atoms with Gasteiger partial charge < -0.3 is 9.72 Å².